The topological polar surface area (TPSA) is 52.3 Å². The van der Waals surface area contributed by atoms with Crippen LogP contribution in [0.3, 0.4) is 0 Å². The number of nitrogens with zero attached hydrogens (tertiary/aromatic N) is 1. The lowest BCUT2D eigenvalue weighted by atomic mass is 10.5. The van der Waals surface area contributed by atoms with Gasteiger partial charge in [0.1, 0.15) is 6.26 Å². The highest BCUT2D eigenvalue weighted by Gasteiger charge is 2.11. The Morgan fingerprint density at radius 1 is 1.92 bits per heavy atom. The number of esters is 1. The van der Waals surface area contributed by atoms with Crippen LogP contribution in [0.4, 0.5) is 0 Å². The van der Waals surface area contributed by atoms with Crippen LogP contribution in [-0.4, -0.2) is 17.6 Å². The summed E-state index contributed by atoms with van der Waals surface area (Å²) in [5, 5.41) is 0. The molecule has 0 aliphatic carbocycles. The second-order valence-electron chi connectivity index (χ2n) is 2.14. The smallest absolute Gasteiger partial charge is 0.360 e. The Morgan fingerprint density at radius 3 is 3.31 bits per heavy atom. The van der Waals surface area contributed by atoms with E-state index in [1.165, 1.54) is 12.3 Å². The summed E-state index contributed by atoms with van der Waals surface area (Å²) in [5.41, 5.74) is 2.64. The Hall–Kier alpha value is -1.80. The Bertz CT molecular complexity index is 347. The van der Waals surface area contributed by atoms with Crippen molar-refractivity contribution in [3.8, 4) is 0 Å². The molecule has 1 aromatic rings. The van der Waals surface area contributed by atoms with Crippen molar-refractivity contribution in [2.24, 2.45) is 0 Å². The average Bonchev–Trinajstić information content (AvgIpc) is 2.54. The number of carbonyl (C=O) groups excluding carboxylic acids is 1. The third kappa shape index (κ3) is 2.32. The molecule has 0 atom stereocenters. The molecule has 4 heteroatoms. The molecule has 68 valence electrons. The first-order valence-electron chi connectivity index (χ1n) is 3.76. The Balaban J connectivity index is 2.79. The summed E-state index contributed by atoms with van der Waals surface area (Å²) < 4.78 is 9.61. The van der Waals surface area contributed by atoms with Gasteiger partial charge in [-0.3, -0.25) is 0 Å². The summed E-state index contributed by atoms with van der Waals surface area (Å²) in [4.78, 5) is 14.9. The summed E-state index contributed by atoms with van der Waals surface area (Å²) in [5.74, 6) is -0.201. The molecule has 0 saturated carbocycles. The number of oxazole rings is 1. The van der Waals surface area contributed by atoms with Gasteiger partial charge in [-0.05, 0) is 6.92 Å². The van der Waals surface area contributed by atoms with Crippen molar-refractivity contribution in [2.45, 2.75) is 6.92 Å². The zero-order chi connectivity index (χ0) is 9.68. The Kier molecular flexibility index (Phi) is 3.06. The fourth-order valence-electron chi connectivity index (χ4n) is 0.740. The summed E-state index contributed by atoms with van der Waals surface area (Å²) >= 11 is 0. The first-order valence-corrected chi connectivity index (χ1v) is 3.76. The zero-order valence-electron chi connectivity index (χ0n) is 7.24. The molecule has 0 aliphatic rings. The molecule has 1 rings (SSSR count). The van der Waals surface area contributed by atoms with Crippen LogP contribution in [0.1, 0.15) is 23.3 Å². The monoisotopic (exact) mass is 179 g/mol. The largest absolute Gasteiger partial charge is 0.461 e. The lowest BCUT2D eigenvalue weighted by molar-refractivity contribution is 0.0519. The lowest BCUT2D eigenvalue weighted by Gasteiger charge is -1.94. The molecule has 13 heavy (non-hydrogen) atoms. The second-order valence-corrected chi connectivity index (χ2v) is 2.14. The number of carbonyl (C=O) groups is 1. The molecule has 0 N–H and O–H groups in total. The zero-order valence-corrected chi connectivity index (χ0v) is 7.24. The van der Waals surface area contributed by atoms with Crippen LogP contribution in [0.5, 0.6) is 0 Å². The average molecular weight is 179 g/mol. The van der Waals surface area contributed by atoms with Crippen molar-refractivity contribution in [1.29, 1.82) is 0 Å². The number of rotatable bonds is 3. The minimum absolute atomic E-state index is 0.156. The fraction of sp³-hybridized carbons (Fsp3) is 0.222. The van der Waals surface area contributed by atoms with Crippen LogP contribution in [0.2, 0.25) is 0 Å². The van der Waals surface area contributed by atoms with Gasteiger partial charge in [-0.2, -0.15) is 0 Å². The van der Waals surface area contributed by atoms with Crippen molar-refractivity contribution < 1.29 is 13.9 Å². The summed E-state index contributed by atoms with van der Waals surface area (Å²) in [6.45, 7) is 5.39. The third-order valence-corrected chi connectivity index (χ3v) is 1.23. The van der Waals surface area contributed by atoms with E-state index in [-0.39, 0.29) is 11.6 Å². The maximum Gasteiger partial charge on any atom is 0.360 e. The van der Waals surface area contributed by atoms with E-state index in [0.717, 1.165) is 0 Å². The number of hydrogen-bond donors (Lipinski definition) is 0. The number of hydrogen-bond acceptors (Lipinski definition) is 4. The second kappa shape index (κ2) is 4.28. The van der Waals surface area contributed by atoms with Crippen LogP contribution in [-0.2, 0) is 4.74 Å². The van der Waals surface area contributed by atoms with Crippen molar-refractivity contribution in [3.63, 3.8) is 0 Å². The predicted molar refractivity (Wildman–Crippen MR) is 46.1 cm³/mol. The summed E-state index contributed by atoms with van der Waals surface area (Å²) in [6.07, 6.45) is 2.67. The maximum absolute atomic E-state index is 11.1. The first kappa shape index (κ1) is 9.29. The van der Waals surface area contributed by atoms with Crippen LogP contribution >= 0.6 is 0 Å². The lowest BCUT2D eigenvalue weighted by Crippen LogP contribution is -2.04. The fourth-order valence-corrected chi connectivity index (χ4v) is 0.740. The van der Waals surface area contributed by atoms with E-state index in [4.69, 9.17) is 9.15 Å². The quantitative estimate of drug-likeness (QED) is 0.523. The Labute approximate surface area is 75.5 Å². The van der Waals surface area contributed by atoms with Gasteiger partial charge in [0.25, 0.3) is 0 Å². The molecule has 1 aromatic heterocycles. The number of aromatic nitrogens is 1. The van der Waals surface area contributed by atoms with Gasteiger partial charge in [-0.15, -0.1) is 5.73 Å². The van der Waals surface area contributed by atoms with Crippen LogP contribution in [0.25, 0.3) is 6.08 Å². The SMILES string of the molecule is C=C=Cc1nc(C(=O)OCC)co1. The van der Waals surface area contributed by atoms with Gasteiger partial charge < -0.3 is 9.15 Å². The van der Waals surface area contributed by atoms with Gasteiger partial charge in [0.05, 0.1) is 6.61 Å². The molecule has 0 aliphatic heterocycles. The molecular weight excluding hydrogens is 170 g/mol. The number of ether oxygens (including phenoxy) is 1. The molecule has 4 nitrogen and oxygen atoms in total. The van der Waals surface area contributed by atoms with Crippen LogP contribution in [0.15, 0.2) is 23.0 Å². The van der Waals surface area contributed by atoms with Gasteiger partial charge in [0, 0.05) is 6.08 Å². The highest BCUT2D eigenvalue weighted by Crippen LogP contribution is 2.04. The highest BCUT2D eigenvalue weighted by molar-refractivity contribution is 5.86. The van der Waals surface area contributed by atoms with E-state index in [9.17, 15) is 4.79 Å². The Morgan fingerprint density at radius 2 is 2.69 bits per heavy atom. The van der Waals surface area contributed by atoms with Crippen LogP contribution in [0, 0.1) is 0 Å². The molecule has 0 bridgehead atoms. The minimum Gasteiger partial charge on any atom is -0.461 e. The van der Waals surface area contributed by atoms with Gasteiger partial charge in [-0.1, -0.05) is 6.58 Å². The van der Waals surface area contributed by atoms with Crippen molar-refractivity contribution >= 4 is 12.0 Å². The molecule has 1 heterocycles. The normalized spacial score (nSPS) is 9.00. The summed E-state index contributed by atoms with van der Waals surface area (Å²) in [7, 11) is 0. The van der Waals surface area contributed by atoms with E-state index in [1.807, 2.05) is 0 Å². The summed E-state index contributed by atoms with van der Waals surface area (Å²) in [6, 6.07) is 0. The molecule has 0 saturated heterocycles. The van der Waals surface area contributed by atoms with Crippen molar-refractivity contribution in [3.05, 3.63) is 30.2 Å². The molecule has 0 spiro atoms. The van der Waals surface area contributed by atoms with E-state index in [0.29, 0.717) is 6.61 Å². The molecule has 0 radical (unpaired) electrons. The molecular formula is C9H9NO3. The highest BCUT2D eigenvalue weighted by atomic mass is 16.5. The first-order chi connectivity index (χ1) is 6.27. The maximum atomic E-state index is 11.1. The van der Waals surface area contributed by atoms with Crippen molar-refractivity contribution in [1.82, 2.24) is 4.98 Å². The van der Waals surface area contributed by atoms with E-state index in [2.05, 4.69) is 17.3 Å². The van der Waals surface area contributed by atoms with Gasteiger partial charge >= 0.3 is 5.97 Å². The predicted octanol–water partition coefficient (Wildman–Crippen LogP) is 1.65. The van der Waals surface area contributed by atoms with E-state index < -0.39 is 5.97 Å². The minimum atomic E-state index is -0.491. The van der Waals surface area contributed by atoms with E-state index in [1.54, 1.807) is 6.92 Å². The van der Waals surface area contributed by atoms with Crippen LogP contribution < -0.4 is 0 Å². The molecule has 0 unspecified atom stereocenters. The van der Waals surface area contributed by atoms with Gasteiger partial charge in [0.15, 0.2) is 5.69 Å². The molecule has 0 fully saturated rings. The molecule has 0 aromatic carbocycles. The third-order valence-electron chi connectivity index (χ3n) is 1.23. The molecule has 0 amide bonds. The standard InChI is InChI=1S/C9H9NO3/c1-3-5-8-10-7(6-13-8)9(11)12-4-2/h5-6H,1,4H2,2H3. The van der Waals surface area contributed by atoms with Gasteiger partial charge in [-0.25, -0.2) is 9.78 Å². The van der Waals surface area contributed by atoms with Crippen molar-refractivity contribution in [2.75, 3.05) is 6.61 Å². The van der Waals surface area contributed by atoms with Gasteiger partial charge in [0.2, 0.25) is 5.89 Å². The van der Waals surface area contributed by atoms with E-state index >= 15 is 0 Å².